The van der Waals surface area contributed by atoms with Crippen molar-refractivity contribution in [2.75, 3.05) is 26.2 Å². The van der Waals surface area contributed by atoms with Crippen molar-refractivity contribution in [3.05, 3.63) is 28.2 Å². The summed E-state index contributed by atoms with van der Waals surface area (Å²) in [5.74, 6) is 1.01. The van der Waals surface area contributed by atoms with E-state index in [1.54, 1.807) is 11.3 Å². The van der Waals surface area contributed by atoms with E-state index in [-0.39, 0.29) is 59.5 Å². The molecule has 2 heterocycles. The molecule has 1 aromatic heterocycles. The van der Waals surface area contributed by atoms with Gasteiger partial charge in [0.05, 0.1) is 16.8 Å². The number of guanidine groups is 1. The second-order valence-corrected chi connectivity index (χ2v) is 8.95. The van der Waals surface area contributed by atoms with Gasteiger partial charge in [0.15, 0.2) is 5.96 Å². The molecule has 4 rings (SSSR count). The van der Waals surface area contributed by atoms with Crippen LogP contribution in [0.4, 0.5) is 0 Å². The summed E-state index contributed by atoms with van der Waals surface area (Å²) in [4.78, 5) is 37.0. The average Bonchev–Trinajstić information content (AvgIpc) is 3.43. The topological polar surface area (TPSA) is 86.7 Å². The number of thiazole rings is 1. The maximum absolute atomic E-state index is 12.7. The van der Waals surface area contributed by atoms with Crippen LogP contribution in [-0.2, 0) is 16.0 Å². The van der Waals surface area contributed by atoms with Crippen LogP contribution in [0.2, 0.25) is 0 Å². The van der Waals surface area contributed by atoms with Crippen molar-refractivity contribution in [3.63, 3.8) is 0 Å². The number of rotatable bonds is 7. The number of hydrogen-bond acceptors (Lipinski definition) is 5. The molecule has 4 atom stereocenters. The molecular weight excluding hydrogens is 501 g/mol. The maximum Gasteiger partial charge on any atom is 0.233 e. The number of carbonyl (C=O) groups excluding carboxylic acids is 2. The van der Waals surface area contributed by atoms with Crippen molar-refractivity contribution in [3.8, 4) is 0 Å². The SMILES string of the molecule is CCNC(=NCCc1ncc(C)s1)NCCN1C(=O)C2C3C=CC(C3)C2C1=O.I. The predicted octanol–water partition coefficient (Wildman–Crippen LogP) is 1.97. The van der Waals surface area contributed by atoms with Gasteiger partial charge in [0.2, 0.25) is 11.8 Å². The molecule has 0 aromatic carbocycles. The Morgan fingerprint density at radius 3 is 2.52 bits per heavy atom. The number of aromatic nitrogens is 1. The van der Waals surface area contributed by atoms with E-state index in [4.69, 9.17) is 0 Å². The van der Waals surface area contributed by atoms with Crippen LogP contribution in [-0.4, -0.2) is 53.8 Å². The largest absolute Gasteiger partial charge is 0.357 e. The molecule has 29 heavy (non-hydrogen) atoms. The number of imide groups is 1. The highest BCUT2D eigenvalue weighted by Gasteiger charge is 2.58. The molecule has 1 saturated carbocycles. The first kappa shape index (κ1) is 22.2. The van der Waals surface area contributed by atoms with Crippen molar-refractivity contribution >= 4 is 53.1 Å². The van der Waals surface area contributed by atoms with Crippen LogP contribution in [0.3, 0.4) is 0 Å². The Kier molecular flexibility index (Phi) is 7.31. The Hall–Kier alpha value is -1.49. The highest BCUT2D eigenvalue weighted by molar-refractivity contribution is 14.0. The Labute approximate surface area is 192 Å². The molecule has 2 fully saturated rings. The highest BCUT2D eigenvalue weighted by Crippen LogP contribution is 2.52. The second kappa shape index (κ2) is 9.55. The number of carbonyl (C=O) groups is 2. The fraction of sp³-hybridized carbons (Fsp3) is 0.600. The lowest BCUT2D eigenvalue weighted by Gasteiger charge is -2.18. The molecule has 2 amide bonds. The molecular formula is C20H28IN5O2S. The number of likely N-dealkylation sites (tertiary alicyclic amines) is 1. The van der Waals surface area contributed by atoms with Gasteiger partial charge in [-0.3, -0.25) is 19.5 Å². The van der Waals surface area contributed by atoms with Gasteiger partial charge >= 0.3 is 0 Å². The van der Waals surface area contributed by atoms with Gasteiger partial charge in [-0.25, -0.2) is 4.98 Å². The third kappa shape index (κ3) is 4.50. The van der Waals surface area contributed by atoms with Crippen LogP contribution >= 0.6 is 35.3 Å². The van der Waals surface area contributed by atoms with Crippen LogP contribution in [0.15, 0.2) is 23.3 Å². The molecule has 2 N–H and O–H groups in total. The van der Waals surface area contributed by atoms with Gasteiger partial charge < -0.3 is 10.6 Å². The summed E-state index contributed by atoms with van der Waals surface area (Å²) in [5.41, 5.74) is 0. The molecule has 158 valence electrons. The zero-order valence-corrected chi connectivity index (χ0v) is 19.9. The van der Waals surface area contributed by atoms with Crippen LogP contribution in [0, 0.1) is 30.6 Å². The lowest BCUT2D eigenvalue weighted by Crippen LogP contribution is -2.43. The molecule has 9 heteroatoms. The van der Waals surface area contributed by atoms with Gasteiger partial charge in [0.25, 0.3) is 0 Å². The normalized spacial score (nSPS) is 27.4. The highest BCUT2D eigenvalue weighted by atomic mass is 127. The average molecular weight is 529 g/mol. The first-order valence-electron chi connectivity index (χ1n) is 10.1. The molecule has 1 saturated heterocycles. The molecule has 1 aliphatic heterocycles. The van der Waals surface area contributed by atoms with Crippen LogP contribution < -0.4 is 10.6 Å². The lowest BCUT2D eigenvalue weighted by molar-refractivity contribution is -0.140. The first-order chi connectivity index (χ1) is 13.6. The minimum absolute atomic E-state index is 0. The van der Waals surface area contributed by atoms with Gasteiger partial charge in [-0.05, 0) is 32.1 Å². The Balaban J connectivity index is 0.00000240. The maximum atomic E-state index is 12.7. The van der Waals surface area contributed by atoms with E-state index in [0.717, 1.165) is 24.4 Å². The van der Waals surface area contributed by atoms with E-state index in [1.807, 2.05) is 20.0 Å². The Bertz CT molecular complexity index is 794. The van der Waals surface area contributed by atoms with Gasteiger partial charge in [-0.2, -0.15) is 0 Å². The number of nitrogens with zero attached hydrogens (tertiary/aromatic N) is 3. The van der Waals surface area contributed by atoms with Gasteiger partial charge in [-0.15, -0.1) is 35.3 Å². The number of amides is 2. The standard InChI is InChI=1S/C20H27N5O2S.HI/c1-3-21-20(22-7-6-15-24-11-12(2)28-15)23-8-9-25-18(26)16-13-4-5-14(10-13)17(16)19(25)27;/h4-5,11,13-14,16-17H,3,6-10H2,1-2H3,(H2,21,22,23);1H. The third-order valence-electron chi connectivity index (χ3n) is 5.80. The quantitative estimate of drug-likeness (QED) is 0.186. The number of aliphatic imine (C=N–C) groups is 1. The van der Waals surface area contributed by atoms with E-state index in [2.05, 4.69) is 32.8 Å². The number of aryl methyl sites for hydroxylation is 1. The smallest absolute Gasteiger partial charge is 0.233 e. The van der Waals surface area contributed by atoms with Crippen molar-refractivity contribution in [2.24, 2.45) is 28.7 Å². The van der Waals surface area contributed by atoms with Crippen LogP contribution in [0.5, 0.6) is 0 Å². The van der Waals surface area contributed by atoms with Crippen LogP contribution in [0.25, 0.3) is 0 Å². The zero-order chi connectivity index (χ0) is 19.7. The second-order valence-electron chi connectivity index (χ2n) is 7.63. The summed E-state index contributed by atoms with van der Waals surface area (Å²) in [5, 5.41) is 7.54. The van der Waals surface area contributed by atoms with Gasteiger partial charge in [0, 0.05) is 43.7 Å². The Morgan fingerprint density at radius 2 is 1.93 bits per heavy atom. The number of halogens is 1. The molecule has 4 unspecified atom stereocenters. The van der Waals surface area contributed by atoms with E-state index in [1.165, 1.54) is 9.78 Å². The lowest BCUT2D eigenvalue weighted by atomic mass is 9.85. The van der Waals surface area contributed by atoms with Crippen molar-refractivity contribution in [1.82, 2.24) is 20.5 Å². The fourth-order valence-electron chi connectivity index (χ4n) is 4.59. The Morgan fingerprint density at radius 1 is 1.24 bits per heavy atom. The summed E-state index contributed by atoms with van der Waals surface area (Å²) in [7, 11) is 0. The molecule has 3 aliphatic rings. The molecule has 7 nitrogen and oxygen atoms in total. The fourth-order valence-corrected chi connectivity index (χ4v) is 5.37. The summed E-state index contributed by atoms with van der Waals surface area (Å²) in [6.45, 7) is 6.35. The van der Waals surface area contributed by atoms with Crippen molar-refractivity contribution < 1.29 is 9.59 Å². The number of hydrogen-bond donors (Lipinski definition) is 2. The van der Waals surface area contributed by atoms with Crippen molar-refractivity contribution in [1.29, 1.82) is 0 Å². The summed E-state index contributed by atoms with van der Waals surface area (Å²) in [6, 6.07) is 0. The van der Waals surface area contributed by atoms with E-state index < -0.39 is 0 Å². The third-order valence-corrected chi connectivity index (χ3v) is 6.77. The zero-order valence-electron chi connectivity index (χ0n) is 16.8. The van der Waals surface area contributed by atoms with E-state index in [0.29, 0.717) is 25.6 Å². The van der Waals surface area contributed by atoms with Crippen LogP contribution in [0.1, 0.15) is 23.2 Å². The molecule has 2 bridgehead atoms. The van der Waals surface area contributed by atoms with Gasteiger partial charge in [-0.1, -0.05) is 12.2 Å². The van der Waals surface area contributed by atoms with E-state index in [9.17, 15) is 9.59 Å². The van der Waals surface area contributed by atoms with Crippen molar-refractivity contribution in [2.45, 2.75) is 26.7 Å². The first-order valence-corrected chi connectivity index (χ1v) is 10.9. The predicted molar refractivity (Wildman–Crippen MR) is 124 cm³/mol. The van der Waals surface area contributed by atoms with Gasteiger partial charge in [0.1, 0.15) is 0 Å². The van der Waals surface area contributed by atoms with E-state index >= 15 is 0 Å². The molecule has 0 spiro atoms. The molecule has 2 aliphatic carbocycles. The summed E-state index contributed by atoms with van der Waals surface area (Å²) >= 11 is 1.69. The number of fused-ring (bicyclic) bond motifs is 5. The number of nitrogens with one attached hydrogen (secondary N) is 2. The molecule has 0 radical (unpaired) electrons. The monoisotopic (exact) mass is 529 g/mol. The summed E-state index contributed by atoms with van der Waals surface area (Å²) < 4.78 is 0. The summed E-state index contributed by atoms with van der Waals surface area (Å²) in [6.07, 6.45) is 7.90. The minimum atomic E-state index is -0.119. The number of allylic oxidation sites excluding steroid dienone is 2. The minimum Gasteiger partial charge on any atom is -0.357 e. The molecule has 1 aromatic rings.